The molecule has 1 amide bonds. The standard InChI is InChI=1S/C21H31N5O6/c22-21-25-17-14(19(30)26-21)9-12(10-23-17)2-1-11-3-5-13(6-4-11)18(29)24-15(20(31)32)7-8-16(27)28/h11-13,15H,1-10H2,(H,24,29)(H,27,28)(H,31,32)(H4,22,23,25,26,30)/t11?,12-,13?,15-/m0/s1. The van der Waals surface area contributed by atoms with Gasteiger partial charge in [-0.15, -0.1) is 0 Å². The van der Waals surface area contributed by atoms with Crippen LogP contribution >= 0.6 is 0 Å². The minimum absolute atomic E-state index is 0.108. The molecule has 0 saturated heterocycles. The summed E-state index contributed by atoms with van der Waals surface area (Å²) in [6.45, 7) is 0.744. The molecule has 2 heterocycles. The molecule has 2 aliphatic rings. The van der Waals surface area contributed by atoms with Crippen LogP contribution in [0.5, 0.6) is 0 Å². The van der Waals surface area contributed by atoms with Crippen LogP contribution in [0.4, 0.5) is 11.8 Å². The second-order valence-corrected chi connectivity index (χ2v) is 8.86. The fourth-order valence-corrected chi connectivity index (χ4v) is 4.66. The molecule has 1 fully saturated rings. The van der Waals surface area contributed by atoms with E-state index in [1.54, 1.807) is 0 Å². The van der Waals surface area contributed by atoms with Crippen LogP contribution in [0.3, 0.4) is 0 Å². The number of nitrogens with zero attached hydrogens (tertiary/aromatic N) is 1. The van der Waals surface area contributed by atoms with E-state index >= 15 is 0 Å². The first-order valence-electron chi connectivity index (χ1n) is 11.1. The Labute approximate surface area is 185 Å². The number of rotatable bonds is 9. The number of nitrogen functional groups attached to an aromatic ring is 1. The molecular weight excluding hydrogens is 418 g/mol. The molecule has 3 rings (SSSR count). The van der Waals surface area contributed by atoms with E-state index < -0.39 is 18.0 Å². The van der Waals surface area contributed by atoms with Crippen molar-refractivity contribution in [1.82, 2.24) is 15.3 Å². The van der Waals surface area contributed by atoms with Gasteiger partial charge in [0, 0.05) is 18.9 Å². The number of nitrogens with two attached hydrogens (primary N) is 1. The monoisotopic (exact) mass is 449 g/mol. The van der Waals surface area contributed by atoms with Crippen molar-refractivity contribution in [3.63, 3.8) is 0 Å². The normalized spacial score (nSPS) is 23.4. The van der Waals surface area contributed by atoms with Crippen LogP contribution < -0.4 is 21.9 Å². The molecule has 0 bridgehead atoms. The average molecular weight is 450 g/mol. The fourth-order valence-electron chi connectivity index (χ4n) is 4.66. The predicted octanol–water partition coefficient (Wildman–Crippen LogP) is 0.957. The number of carboxylic acids is 2. The molecule has 32 heavy (non-hydrogen) atoms. The number of carbonyl (C=O) groups is 3. The number of fused-ring (bicyclic) bond motifs is 1. The lowest BCUT2D eigenvalue weighted by Gasteiger charge is -2.30. The van der Waals surface area contributed by atoms with E-state index in [0.29, 0.717) is 42.5 Å². The Morgan fingerprint density at radius 3 is 2.47 bits per heavy atom. The largest absolute Gasteiger partial charge is 0.481 e. The molecule has 1 aliphatic carbocycles. The van der Waals surface area contributed by atoms with Crippen LogP contribution in [0.15, 0.2) is 4.79 Å². The summed E-state index contributed by atoms with van der Waals surface area (Å²) in [6, 6.07) is -1.18. The lowest BCUT2D eigenvalue weighted by atomic mass is 9.78. The molecule has 0 radical (unpaired) electrons. The fraction of sp³-hybridized carbons (Fsp3) is 0.667. The number of aromatic amines is 1. The Bertz CT molecular complexity index is 908. The van der Waals surface area contributed by atoms with Gasteiger partial charge in [0.15, 0.2) is 0 Å². The van der Waals surface area contributed by atoms with Crippen molar-refractivity contribution in [3.8, 4) is 0 Å². The summed E-state index contributed by atoms with van der Waals surface area (Å²) in [5.74, 6) is -1.35. The second kappa shape index (κ2) is 10.5. The van der Waals surface area contributed by atoms with Crippen molar-refractivity contribution in [2.24, 2.45) is 17.8 Å². The molecule has 176 valence electrons. The minimum Gasteiger partial charge on any atom is -0.481 e. The molecule has 1 saturated carbocycles. The Balaban J connectivity index is 1.42. The van der Waals surface area contributed by atoms with Gasteiger partial charge in [-0.3, -0.25) is 19.4 Å². The lowest BCUT2D eigenvalue weighted by molar-refractivity contribution is -0.144. The first-order chi connectivity index (χ1) is 15.2. The quantitative estimate of drug-likeness (QED) is 0.319. The van der Waals surface area contributed by atoms with E-state index in [9.17, 15) is 24.3 Å². The number of hydrogen-bond acceptors (Lipinski definition) is 7. The van der Waals surface area contributed by atoms with E-state index in [1.165, 1.54) is 0 Å². The molecule has 1 aromatic heterocycles. The van der Waals surface area contributed by atoms with E-state index in [1.807, 2.05) is 0 Å². The van der Waals surface area contributed by atoms with Gasteiger partial charge in [-0.2, -0.15) is 4.98 Å². The minimum atomic E-state index is -1.22. The Hall–Kier alpha value is -3.11. The SMILES string of the molecule is Nc1nc2c(c(=O)[nH]1)C[C@H](CCC1CCC(C(=O)N[C@@H](CCC(=O)O)C(=O)O)CC1)CN2. The maximum absolute atomic E-state index is 12.5. The topological polar surface area (TPSA) is 187 Å². The second-order valence-electron chi connectivity index (χ2n) is 8.86. The molecule has 11 nitrogen and oxygen atoms in total. The van der Waals surface area contributed by atoms with Crippen molar-refractivity contribution < 1.29 is 24.6 Å². The van der Waals surface area contributed by atoms with Crippen LogP contribution in [0.25, 0.3) is 0 Å². The molecular formula is C21H31N5O6. The number of H-pyrrole nitrogens is 1. The van der Waals surface area contributed by atoms with Gasteiger partial charge in [0.25, 0.3) is 5.56 Å². The van der Waals surface area contributed by atoms with E-state index in [4.69, 9.17) is 10.8 Å². The van der Waals surface area contributed by atoms with Crippen LogP contribution in [0.1, 0.15) is 56.9 Å². The Morgan fingerprint density at radius 2 is 1.81 bits per heavy atom. The molecule has 11 heteroatoms. The third kappa shape index (κ3) is 6.21. The molecule has 1 aliphatic heterocycles. The van der Waals surface area contributed by atoms with Crippen LogP contribution in [-0.4, -0.2) is 50.6 Å². The Kier molecular flexibility index (Phi) is 7.70. The summed E-state index contributed by atoms with van der Waals surface area (Å²) in [6.07, 6.45) is 5.36. The van der Waals surface area contributed by atoms with Crippen molar-refractivity contribution in [3.05, 3.63) is 15.9 Å². The van der Waals surface area contributed by atoms with Crippen molar-refractivity contribution in [2.75, 3.05) is 17.6 Å². The van der Waals surface area contributed by atoms with Crippen molar-refractivity contribution in [1.29, 1.82) is 0 Å². The lowest BCUT2D eigenvalue weighted by Crippen LogP contribution is -2.44. The number of aromatic nitrogens is 2. The highest BCUT2D eigenvalue weighted by Crippen LogP contribution is 2.34. The molecule has 0 unspecified atom stereocenters. The predicted molar refractivity (Wildman–Crippen MR) is 116 cm³/mol. The first-order valence-corrected chi connectivity index (χ1v) is 11.1. The smallest absolute Gasteiger partial charge is 0.326 e. The molecule has 7 N–H and O–H groups in total. The van der Waals surface area contributed by atoms with Crippen LogP contribution in [0, 0.1) is 17.8 Å². The number of amides is 1. The van der Waals surface area contributed by atoms with Crippen LogP contribution in [0.2, 0.25) is 0 Å². The average Bonchev–Trinajstić information content (AvgIpc) is 2.75. The summed E-state index contributed by atoms with van der Waals surface area (Å²) >= 11 is 0. The maximum atomic E-state index is 12.5. The van der Waals surface area contributed by atoms with Gasteiger partial charge in [-0.05, 0) is 56.8 Å². The highest BCUT2D eigenvalue weighted by atomic mass is 16.4. The van der Waals surface area contributed by atoms with Gasteiger partial charge in [0.2, 0.25) is 11.9 Å². The third-order valence-electron chi connectivity index (χ3n) is 6.55. The summed E-state index contributed by atoms with van der Waals surface area (Å²) in [4.78, 5) is 53.2. The maximum Gasteiger partial charge on any atom is 0.326 e. The molecule has 1 aromatic rings. The molecule has 0 spiro atoms. The van der Waals surface area contributed by atoms with E-state index in [0.717, 1.165) is 32.2 Å². The van der Waals surface area contributed by atoms with Crippen LogP contribution in [-0.2, 0) is 20.8 Å². The van der Waals surface area contributed by atoms with Gasteiger partial charge in [0.05, 0.1) is 5.56 Å². The Morgan fingerprint density at radius 1 is 1.12 bits per heavy atom. The first kappa shape index (κ1) is 23.6. The summed E-state index contributed by atoms with van der Waals surface area (Å²) < 4.78 is 0. The highest BCUT2D eigenvalue weighted by molar-refractivity contribution is 5.85. The number of carboxylic acid groups (broad SMARTS) is 2. The van der Waals surface area contributed by atoms with Crippen molar-refractivity contribution >= 4 is 29.6 Å². The van der Waals surface area contributed by atoms with Gasteiger partial charge in [-0.25, -0.2) is 4.79 Å². The number of nitrogens with one attached hydrogen (secondary N) is 3. The molecule has 2 atom stereocenters. The zero-order valence-corrected chi connectivity index (χ0v) is 17.9. The third-order valence-corrected chi connectivity index (χ3v) is 6.55. The van der Waals surface area contributed by atoms with Gasteiger partial charge in [-0.1, -0.05) is 6.42 Å². The number of aliphatic carboxylic acids is 2. The van der Waals surface area contributed by atoms with Crippen molar-refractivity contribution in [2.45, 2.75) is 63.8 Å². The van der Waals surface area contributed by atoms with E-state index in [-0.39, 0.29) is 36.2 Å². The number of carbonyl (C=O) groups excluding carboxylic acids is 1. The molecule has 0 aromatic carbocycles. The number of anilines is 2. The number of hydrogen-bond donors (Lipinski definition) is 6. The van der Waals surface area contributed by atoms with Gasteiger partial charge in [0.1, 0.15) is 11.9 Å². The van der Waals surface area contributed by atoms with Gasteiger partial charge >= 0.3 is 11.9 Å². The summed E-state index contributed by atoms with van der Waals surface area (Å²) in [5.41, 5.74) is 6.04. The summed E-state index contributed by atoms with van der Waals surface area (Å²) in [7, 11) is 0. The van der Waals surface area contributed by atoms with E-state index in [2.05, 4.69) is 20.6 Å². The zero-order valence-electron chi connectivity index (χ0n) is 17.9. The zero-order chi connectivity index (χ0) is 23.3. The highest BCUT2D eigenvalue weighted by Gasteiger charge is 2.30. The van der Waals surface area contributed by atoms with Gasteiger partial charge < -0.3 is 26.6 Å². The summed E-state index contributed by atoms with van der Waals surface area (Å²) in [5, 5.41) is 23.7.